The van der Waals surface area contributed by atoms with Crippen LogP contribution >= 0.6 is 11.3 Å². The van der Waals surface area contributed by atoms with Crippen LogP contribution in [0.25, 0.3) is 4.96 Å². The number of fused-ring (bicyclic) bond motifs is 1. The van der Waals surface area contributed by atoms with Crippen LogP contribution in [0.3, 0.4) is 0 Å². The molecule has 0 aliphatic rings. The second-order valence-electron chi connectivity index (χ2n) is 4.20. The Bertz CT molecular complexity index is 578. The summed E-state index contributed by atoms with van der Waals surface area (Å²) in [5.74, 6) is -1.31. The monoisotopic (exact) mass is 297 g/mol. The molecule has 0 radical (unpaired) electrons. The van der Waals surface area contributed by atoms with Gasteiger partial charge in [0.25, 0.3) is 0 Å². The van der Waals surface area contributed by atoms with Crippen LogP contribution in [0.1, 0.15) is 5.69 Å². The molecular weight excluding hydrogens is 282 g/mol. The van der Waals surface area contributed by atoms with Gasteiger partial charge in [-0.1, -0.05) is 0 Å². The number of ether oxygens (including phenoxy) is 1. The Morgan fingerprint density at radius 1 is 1.55 bits per heavy atom. The Morgan fingerprint density at radius 2 is 2.35 bits per heavy atom. The molecule has 0 aromatic carbocycles. The van der Waals surface area contributed by atoms with Crippen LogP contribution in [0.5, 0.6) is 0 Å². The van der Waals surface area contributed by atoms with Gasteiger partial charge in [-0.05, 0) is 0 Å². The van der Waals surface area contributed by atoms with E-state index in [2.05, 4.69) is 4.98 Å². The molecular formula is C12H15N3O4S. The van der Waals surface area contributed by atoms with Gasteiger partial charge >= 0.3 is 5.97 Å². The van der Waals surface area contributed by atoms with Gasteiger partial charge in [0.1, 0.15) is 6.54 Å². The lowest BCUT2D eigenvalue weighted by Gasteiger charge is -2.19. The molecule has 2 rings (SSSR count). The van der Waals surface area contributed by atoms with Gasteiger partial charge in [-0.15, -0.1) is 11.3 Å². The summed E-state index contributed by atoms with van der Waals surface area (Å²) in [6.45, 7) is 0.228. The zero-order valence-electron chi connectivity index (χ0n) is 11.0. The van der Waals surface area contributed by atoms with Crippen LogP contribution in [0.4, 0.5) is 0 Å². The number of hydrogen-bond acceptors (Lipinski definition) is 5. The topological polar surface area (TPSA) is 84.1 Å². The number of carboxylic acids is 1. The highest BCUT2D eigenvalue weighted by Gasteiger charge is 2.18. The summed E-state index contributed by atoms with van der Waals surface area (Å²) in [5, 5.41) is 10.7. The van der Waals surface area contributed by atoms with Gasteiger partial charge < -0.3 is 14.7 Å². The molecule has 0 bridgehead atoms. The first-order valence-electron chi connectivity index (χ1n) is 5.99. The third kappa shape index (κ3) is 3.55. The minimum absolute atomic E-state index is 0.0887. The highest BCUT2D eigenvalue weighted by molar-refractivity contribution is 7.15. The molecule has 2 heterocycles. The van der Waals surface area contributed by atoms with Gasteiger partial charge in [0.2, 0.25) is 5.91 Å². The molecule has 20 heavy (non-hydrogen) atoms. The molecule has 1 N–H and O–H groups in total. The van der Waals surface area contributed by atoms with Crippen LogP contribution < -0.4 is 0 Å². The maximum Gasteiger partial charge on any atom is 0.323 e. The van der Waals surface area contributed by atoms with Crippen LogP contribution in [0, 0.1) is 0 Å². The average molecular weight is 297 g/mol. The lowest BCUT2D eigenvalue weighted by Crippen LogP contribution is -2.38. The summed E-state index contributed by atoms with van der Waals surface area (Å²) < 4.78 is 6.72. The van der Waals surface area contributed by atoms with E-state index in [0.717, 1.165) is 4.96 Å². The summed E-state index contributed by atoms with van der Waals surface area (Å²) in [5.41, 5.74) is 0.634. The summed E-state index contributed by atoms with van der Waals surface area (Å²) >= 11 is 1.48. The first-order chi connectivity index (χ1) is 9.60. The fraction of sp³-hybridized carbons (Fsp3) is 0.417. The Hall–Kier alpha value is -1.93. The van der Waals surface area contributed by atoms with Crippen molar-refractivity contribution in [2.24, 2.45) is 0 Å². The Kier molecular flexibility index (Phi) is 4.70. The molecule has 0 unspecified atom stereocenters. The van der Waals surface area contributed by atoms with E-state index in [1.54, 1.807) is 6.20 Å². The van der Waals surface area contributed by atoms with Gasteiger partial charge in [-0.2, -0.15) is 0 Å². The Morgan fingerprint density at radius 3 is 3.00 bits per heavy atom. The standard InChI is InChI=1S/C12H15N3O4S/c1-19-4-2-14(8-11(17)18)10(16)6-9-7-15-3-5-20-12(15)13-9/h3,5,7H,2,4,6,8H2,1H3,(H,17,18). The molecule has 0 atom stereocenters. The van der Waals surface area contributed by atoms with E-state index in [9.17, 15) is 9.59 Å². The number of carboxylic acid groups (broad SMARTS) is 1. The molecule has 0 saturated heterocycles. The Balaban J connectivity index is 2.02. The van der Waals surface area contributed by atoms with E-state index in [-0.39, 0.29) is 25.4 Å². The predicted molar refractivity (Wildman–Crippen MR) is 72.9 cm³/mol. The molecule has 108 valence electrons. The summed E-state index contributed by atoms with van der Waals surface area (Å²) in [4.78, 5) is 29.3. The highest BCUT2D eigenvalue weighted by Crippen LogP contribution is 2.12. The maximum atomic E-state index is 12.1. The van der Waals surface area contributed by atoms with E-state index in [1.807, 2.05) is 16.0 Å². The van der Waals surface area contributed by atoms with Crippen molar-refractivity contribution in [1.82, 2.24) is 14.3 Å². The van der Waals surface area contributed by atoms with Crippen LogP contribution in [-0.2, 0) is 20.7 Å². The number of amides is 1. The smallest absolute Gasteiger partial charge is 0.323 e. The molecule has 0 spiro atoms. The number of aromatic nitrogens is 2. The third-order valence-electron chi connectivity index (χ3n) is 2.72. The molecule has 7 nitrogen and oxygen atoms in total. The molecule has 1 amide bonds. The third-order valence-corrected chi connectivity index (χ3v) is 3.49. The van der Waals surface area contributed by atoms with Crippen LogP contribution in [0.2, 0.25) is 0 Å². The zero-order valence-corrected chi connectivity index (χ0v) is 11.8. The molecule has 2 aromatic rings. The fourth-order valence-corrected chi connectivity index (χ4v) is 2.50. The number of methoxy groups -OCH3 is 1. The lowest BCUT2D eigenvalue weighted by atomic mass is 10.3. The van der Waals surface area contributed by atoms with Crippen molar-refractivity contribution in [2.75, 3.05) is 26.8 Å². The molecule has 0 aliphatic heterocycles. The van der Waals surface area contributed by atoms with E-state index in [0.29, 0.717) is 12.3 Å². The number of carbonyl (C=O) groups excluding carboxylic acids is 1. The van der Waals surface area contributed by atoms with Gasteiger partial charge in [0.15, 0.2) is 4.96 Å². The van der Waals surface area contributed by atoms with Crippen molar-refractivity contribution in [2.45, 2.75) is 6.42 Å². The first kappa shape index (κ1) is 14.5. The molecule has 2 aromatic heterocycles. The largest absolute Gasteiger partial charge is 0.480 e. The predicted octanol–water partition coefficient (Wildman–Crippen LogP) is 0.498. The molecule has 8 heteroatoms. The first-order valence-corrected chi connectivity index (χ1v) is 6.87. The fourth-order valence-electron chi connectivity index (χ4n) is 1.78. The second kappa shape index (κ2) is 6.49. The highest BCUT2D eigenvalue weighted by atomic mass is 32.1. The van der Waals surface area contributed by atoms with E-state index in [4.69, 9.17) is 9.84 Å². The van der Waals surface area contributed by atoms with Crippen molar-refractivity contribution in [3.63, 3.8) is 0 Å². The summed E-state index contributed by atoms with van der Waals surface area (Å²) in [7, 11) is 1.51. The van der Waals surface area contributed by atoms with E-state index in [1.165, 1.54) is 23.3 Å². The number of hydrogen-bond donors (Lipinski definition) is 1. The van der Waals surface area contributed by atoms with E-state index < -0.39 is 5.97 Å². The van der Waals surface area contributed by atoms with Crippen molar-refractivity contribution in [3.8, 4) is 0 Å². The minimum atomic E-state index is -1.04. The minimum Gasteiger partial charge on any atom is -0.480 e. The average Bonchev–Trinajstić information content (AvgIpc) is 2.94. The van der Waals surface area contributed by atoms with Crippen molar-refractivity contribution in [1.29, 1.82) is 0 Å². The van der Waals surface area contributed by atoms with Gasteiger partial charge in [-0.3, -0.25) is 14.0 Å². The molecule has 0 saturated carbocycles. The summed E-state index contributed by atoms with van der Waals surface area (Å²) in [6.07, 6.45) is 3.73. The Labute approximate surface area is 119 Å². The van der Waals surface area contributed by atoms with Crippen LogP contribution in [-0.4, -0.2) is 58.1 Å². The van der Waals surface area contributed by atoms with Crippen molar-refractivity contribution < 1.29 is 19.4 Å². The number of carbonyl (C=O) groups is 2. The van der Waals surface area contributed by atoms with Crippen molar-refractivity contribution in [3.05, 3.63) is 23.5 Å². The van der Waals surface area contributed by atoms with Gasteiger partial charge in [-0.25, -0.2) is 4.98 Å². The molecule has 0 aliphatic carbocycles. The van der Waals surface area contributed by atoms with E-state index >= 15 is 0 Å². The van der Waals surface area contributed by atoms with Gasteiger partial charge in [0.05, 0.1) is 18.7 Å². The summed E-state index contributed by atoms with van der Waals surface area (Å²) in [6, 6.07) is 0. The normalized spacial score (nSPS) is 10.8. The number of nitrogens with zero attached hydrogens (tertiary/aromatic N) is 3. The lowest BCUT2D eigenvalue weighted by molar-refractivity contribution is -0.144. The maximum absolute atomic E-state index is 12.1. The second-order valence-corrected chi connectivity index (χ2v) is 5.08. The number of thiazole rings is 1. The number of rotatable bonds is 7. The molecule has 0 fully saturated rings. The SMILES string of the molecule is COCCN(CC(=O)O)C(=O)Cc1cn2ccsc2n1. The number of aliphatic carboxylic acids is 1. The van der Waals surface area contributed by atoms with Gasteiger partial charge in [0, 0.05) is 31.4 Å². The quantitative estimate of drug-likeness (QED) is 0.804. The van der Waals surface area contributed by atoms with Crippen LogP contribution in [0.15, 0.2) is 17.8 Å². The zero-order chi connectivity index (χ0) is 14.5. The number of imidazole rings is 1. The van der Waals surface area contributed by atoms with Crippen molar-refractivity contribution >= 4 is 28.2 Å².